The molecule has 0 aliphatic rings. The minimum absolute atomic E-state index is 0.0648. The van der Waals surface area contributed by atoms with Gasteiger partial charge in [0.15, 0.2) is 32.2 Å². The third-order valence-electron chi connectivity index (χ3n) is 5.16. The zero-order valence-corrected chi connectivity index (χ0v) is 19.8. The first-order valence-electron chi connectivity index (χ1n) is 10.7. The van der Waals surface area contributed by atoms with Gasteiger partial charge in [-0.3, -0.25) is 4.98 Å². The van der Waals surface area contributed by atoms with Crippen LogP contribution in [0.2, 0.25) is 0 Å². The van der Waals surface area contributed by atoms with Gasteiger partial charge < -0.3 is 14.5 Å². The van der Waals surface area contributed by atoms with E-state index in [9.17, 15) is 21.6 Å². The van der Waals surface area contributed by atoms with Crippen LogP contribution in [-0.4, -0.2) is 34.6 Å². The van der Waals surface area contributed by atoms with Crippen molar-refractivity contribution in [2.75, 3.05) is 6.26 Å². The van der Waals surface area contributed by atoms with Gasteiger partial charge in [-0.2, -0.15) is 13.2 Å². The van der Waals surface area contributed by atoms with Crippen LogP contribution < -0.4 is 9.47 Å². The lowest BCUT2D eigenvalue weighted by molar-refractivity contribution is -0.137. The predicted octanol–water partition coefficient (Wildman–Crippen LogP) is 6.03. The molecule has 1 N–H and O–H groups in total. The molecule has 12 heteroatoms. The minimum Gasteiger partial charge on any atom is -0.453 e. The van der Waals surface area contributed by atoms with Crippen LogP contribution >= 0.6 is 0 Å². The van der Waals surface area contributed by atoms with Crippen molar-refractivity contribution < 1.29 is 31.1 Å². The number of nitrogens with one attached hydrogen (secondary N) is 1. The number of halogens is 3. The van der Waals surface area contributed by atoms with Gasteiger partial charge in [-0.05, 0) is 42.5 Å². The SMILES string of the molecule is CS(=O)(=O)c1ccc(Oc2cc3[nH]c(-c4ccccn4)nc3cc2Oc2cccc(C(F)(F)F)c2)cn1. The second-order valence-electron chi connectivity index (χ2n) is 7.95. The van der Waals surface area contributed by atoms with Crippen molar-refractivity contribution in [1.29, 1.82) is 0 Å². The van der Waals surface area contributed by atoms with Gasteiger partial charge >= 0.3 is 6.18 Å². The Morgan fingerprint density at radius 1 is 0.865 bits per heavy atom. The van der Waals surface area contributed by atoms with Gasteiger partial charge in [0.25, 0.3) is 0 Å². The maximum Gasteiger partial charge on any atom is 0.416 e. The Morgan fingerprint density at radius 2 is 1.65 bits per heavy atom. The molecule has 2 aromatic carbocycles. The number of ether oxygens (including phenoxy) is 2. The van der Waals surface area contributed by atoms with Crippen LogP contribution in [0.3, 0.4) is 0 Å². The summed E-state index contributed by atoms with van der Waals surface area (Å²) in [6, 6.07) is 15.6. The van der Waals surface area contributed by atoms with E-state index in [1.165, 1.54) is 36.5 Å². The van der Waals surface area contributed by atoms with E-state index in [0.29, 0.717) is 22.6 Å². The molecule has 5 aromatic rings. The molecule has 3 heterocycles. The fraction of sp³-hybridized carbons (Fsp3) is 0.0800. The van der Waals surface area contributed by atoms with Crippen LogP contribution in [0, 0.1) is 0 Å². The number of sulfone groups is 1. The Balaban J connectivity index is 1.57. The van der Waals surface area contributed by atoms with Crippen molar-refractivity contribution in [3.63, 3.8) is 0 Å². The normalized spacial score (nSPS) is 12.0. The third kappa shape index (κ3) is 5.38. The molecule has 0 radical (unpaired) electrons. The van der Waals surface area contributed by atoms with E-state index in [-0.39, 0.29) is 28.0 Å². The first kappa shape index (κ1) is 24.3. The van der Waals surface area contributed by atoms with Gasteiger partial charge in [0.2, 0.25) is 0 Å². The maximum atomic E-state index is 13.2. The molecule has 0 spiro atoms. The summed E-state index contributed by atoms with van der Waals surface area (Å²) >= 11 is 0. The fourth-order valence-corrected chi connectivity index (χ4v) is 4.00. The zero-order chi connectivity index (χ0) is 26.2. The standard InChI is InChI=1S/C25H17F3N4O4S/c1-37(33,34)23-9-8-17(14-30-23)36-22-13-20-19(31-24(32-20)18-7-2-3-10-29-18)12-21(22)35-16-6-4-5-15(11-16)25(26,27)28/h2-14H,1H3,(H,31,32). The molecule has 0 atom stereocenters. The molecule has 0 aliphatic carbocycles. The highest BCUT2D eigenvalue weighted by Gasteiger charge is 2.30. The zero-order valence-electron chi connectivity index (χ0n) is 19.0. The molecule has 0 saturated carbocycles. The number of hydrogen-bond donors (Lipinski definition) is 1. The number of rotatable bonds is 6. The summed E-state index contributed by atoms with van der Waals surface area (Å²) in [6.07, 6.45) is -0.676. The number of fused-ring (bicyclic) bond motifs is 1. The van der Waals surface area contributed by atoms with Gasteiger partial charge in [0.1, 0.15) is 17.2 Å². The van der Waals surface area contributed by atoms with Gasteiger partial charge in [0.05, 0.1) is 22.8 Å². The highest BCUT2D eigenvalue weighted by molar-refractivity contribution is 7.90. The number of nitrogens with zero attached hydrogens (tertiary/aromatic N) is 3. The van der Waals surface area contributed by atoms with Gasteiger partial charge in [0, 0.05) is 24.6 Å². The number of H-pyrrole nitrogens is 1. The number of hydrogen-bond acceptors (Lipinski definition) is 7. The molecule has 188 valence electrons. The van der Waals surface area contributed by atoms with Crippen molar-refractivity contribution in [3.8, 4) is 34.5 Å². The smallest absolute Gasteiger partial charge is 0.416 e. The minimum atomic E-state index is -4.55. The van der Waals surface area contributed by atoms with Crippen molar-refractivity contribution in [2.24, 2.45) is 0 Å². The van der Waals surface area contributed by atoms with Gasteiger partial charge in [-0.1, -0.05) is 12.1 Å². The monoisotopic (exact) mass is 526 g/mol. The summed E-state index contributed by atoms with van der Waals surface area (Å²) in [5.74, 6) is 0.806. The van der Waals surface area contributed by atoms with Crippen molar-refractivity contribution >= 4 is 20.9 Å². The molecule has 8 nitrogen and oxygen atoms in total. The van der Waals surface area contributed by atoms with E-state index in [2.05, 4.69) is 19.9 Å². The Labute approximate surface area is 208 Å². The highest BCUT2D eigenvalue weighted by Crippen LogP contribution is 2.39. The lowest BCUT2D eigenvalue weighted by Crippen LogP contribution is -2.04. The molecular formula is C25H17F3N4O4S. The molecule has 3 aromatic heterocycles. The summed E-state index contributed by atoms with van der Waals surface area (Å²) in [5, 5.41) is -0.135. The molecule has 5 rings (SSSR count). The van der Waals surface area contributed by atoms with E-state index in [4.69, 9.17) is 9.47 Å². The topological polar surface area (TPSA) is 107 Å². The average molecular weight is 526 g/mol. The third-order valence-corrected chi connectivity index (χ3v) is 6.16. The summed E-state index contributed by atoms with van der Waals surface area (Å²) in [5.41, 5.74) is 0.724. The second-order valence-corrected chi connectivity index (χ2v) is 9.91. The van der Waals surface area contributed by atoms with E-state index < -0.39 is 21.6 Å². The van der Waals surface area contributed by atoms with Crippen LogP contribution in [0.1, 0.15) is 5.56 Å². The maximum absolute atomic E-state index is 13.2. The lowest BCUT2D eigenvalue weighted by atomic mass is 10.2. The molecule has 0 bridgehead atoms. The van der Waals surface area contributed by atoms with E-state index in [1.807, 2.05) is 0 Å². The predicted molar refractivity (Wildman–Crippen MR) is 128 cm³/mol. The number of aromatic amines is 1. The van der Waals surface area contributed by atoms with Gasteiger partial charge in [-0.15, -0.1) is 0 Å². The van der Waals surface area contributed by atoms with Crippen molar-refractivity contribution in [3.05, 3.63) is 84.7 Å². The summed E-state index contributed by atoms with van der Waals surface area (Å²) in [7, 11) is -3.51. The first-order valence-corrected chi connectivity index (χ1v) is 12.6. The molecular weight excluding hydrogens is 509 g/mol. The molecule has 0 fully saturated rings. The Morgan fingerprint density at radius 3 is 2.32 bits per heavy atom. The van der Waals surface area contributed by atoms with Crippen molar-refractivity contribution in [1.82, 2.24) is 19.9 Å². The lowest BCUT2D eigenvalue weighted by Gasteiger charge is -2.14. The van der Waals surface area contributed by atoms with E-state index in [0.717, 1.165) is 18.4 Å². The fourth-order valence-electron chi connectivity index (χ4n) is 3.44. The number of pyridine rings is 2. The van der Waals surface area contributed by atoms with Crippen LogP contribution in [0.5, 0.6) is 23.0 Å². The van der Waals surface area contributed by atoms with Gasteiger partial charge in [-0.25, -0.2) is 18.4 Å². The molecule has 0 aliphatic heterocycles. The van der Waals surface area contributed by atoms with E-state index >= 15 is 0 Å². The summed E-state index contributed by atoms with van der Waals surface area (Å²) in [6.45, 7) is 0. The van der Waals surface area contributed by atoms with Crippen LogP contribution in [0.15, 0.2) is 84.1 Å². The Hall–Kier alpha value is -4.45. The average Bonchev–Trinajstić information content (AvgIpc) is 3.27. The molecule has 0 saturated heterocycles. The summed E-state index contributed by atoms with van der Waals surface area (Å²) in [4.78, 5) is 15.8. The quantitative estimate of drug-likeness (QED) is 0.288. The molecule has 37 heavy (non-hydrogen) atoms. The second kappa shape index (κ2) is 9.21. The van der Waals surface area contributed by atoms with Crippen molar-refractivity contribution in [2.45, 2.75) is 11.2 Å². The highest BCUT2D eigenvalue weighted by atomic mass is 32.2. The van der Waals surface area contributed by atoms with Crippen LogP contribution in [-0.2, 0) is 16.0 Å². The number of benzene rings is 2. The number of imidazole rings is 1. The summed E-state index contributed by atoms with van der Waals surface area (Å²) < 4.78 is 74.8. The molecule has 0 unspecified atom stereocenters. The van der Waals surface area contributed by atoms with Crippen LogP contribution in [0.4, 0.5) is 13.2 Å². The van der Waals surface area contributed by atoms with E-state index in [1.54, 1.807) is 30.5 Å². The Kier molecular flexibility index (Phi) is 6.04. The first-order chi connectivity index (χ1) is 17.6. The van der Waals surface area contributed by atoms with Crippen LogP contribution in [0.25, 0.3) is 22.6 Å². The largest absolute Gasteiger partial charge is 0.453 e. The molecule has 0 amide bonds. The number of aromatic nitrogens is 4. The Bertz CT molecular complexity index is 1690. The number of alkyl halides is 3.